The van der Waals surface area contributed by atoms with Crippen LogP contribution in [0.1, 0.15) is 39.2 Å². The number of hydrogen-bond donors (Lipinski definition) is 3. The van der Waals surface area contributed by atoms with Gasteiger partial charge in [-0.25, -0.2) is 8.78 Å². The van der Waals surface area contributed by atoms with Gasteiger partial charge in [0.05, 0.1) is 11.6 Å². The summed E-state index contributed by atoms with van der Waals surface area (Å²) in [7, 11) is 1.55. The van der Waals surface area contributed by atoms with Crippen molar-refractivity contribution in [3.8, 4) is 0 Å². The highest BCUT2D eigenvalue weighted by molar-refractivity contribution is 5.80. The number of likely N-dealkylation sites (N-methyl/N-ethyl adjacent to an activating group) is 1. The van der Waals surface area contributed by atoms with Gasteiger partial charge in [0.15, 0.2) is 0 Å². The van der Waals surface area contributed by atoms with Crippen LogP contribution in [0.3, 0.4) is 0 Å². The second-order valence-corrected chi connectivity index (χ2v) is 6.26. The fourth-order valence-corrected chi connectivity index (χ4v) is 2.70. The van der Waals surface area contributed by atoms with E-state index in [1.807, 2.05) is 6.92 Å². The van der Waals surface area contributed by atoms with Gasteiger partial charge in [-0.3, -0.25) is 4.79 Å². The molecule has 26 heavy (non-hydrogen) atoms. The first kappa shape index (κ1) is 21.6. The monoisotopic (exact) mass is 367 g/mol. The largest absolute Gasteiger partial charge is 0.400 e. The molecule has 5 nitrogen and oxygen atoms in total. The lowest BCUT2D eigenvalue weighted by molar-refractivity contribution is -0.139. The minimum atomic E-state index is -1.15. The first-order valence-electron chi connectivity index (χ1n) is 8.44. The van der Waals surface area contributed by atoms with E-state index in [0.717, 1.165) is 18.6 Å². The number of allylic oxidation sites excluding steroid dienone is 2. The molecular formula is C19H27F2N3O2. The van der Waals surface area contributed by atoms with Crippen LogP contribution in [0.5, 0.6) is 0 Å². The van der Waals surface area contributed by atoms with E-state index in [-0.39, 0.29) is 11.3 Å². The molecule has 1 aromatic rings. The molecule has 0 saturated carbocycles. The van der Waals surface area contributed by atoms with Crippen molar-refractivity contribution in [2.24, 2.45) is 11.5 Å². The van der Waals surface area contributed by atoms with E-state index in [4.69, 9.17) is 11.5 Å². The van der Waals surface area contributed by atoms with E-state index in [1.165, 1.54) is 24.0 Å². The molecule has 1 amide bonds. The number of amides is 1. The van der Waals surface area contributed by atoms with Crippen LogP contribution < -0.4 is 11.5 Å². The number of hydrogen-bond acceptors (Lipinski definition) is 4. The molecule has 0 aromatic heterocycles. The van der Waals surface area contributed by atoms with Crippen molar-refractivity contribution >= 4 is 11.6 Å². The molecule has 0 saturated heterocycles. The predicted octanol–water partition coefficient (Wildman–Crippen LogP) is 2.51. The maximum atomic E-state index is 13.9. The van der Waals surface area contributed by atoms with Gasteiger partial charge >= 0.3 is 0 Å². The zero-order valence-corrected chi connectivity index (χ0v) is 15.6. The van der Waals surface area contributed by atoms with E-state index < -0.39 is 29.7 Å². The van der Waals surface area contributed by atoms with E-state index >= 15 is 0 Å². The summed E-state index contributed by atoms with van der Waals surface area (Å²) >= 11 is 0. The molecule has 0 aliphatic carbocycles. The molecule has 1 aromatic carbocycles. The smallest absolute Gasteiger partial charge is 0.251 e. The van der Waals surface area contributed by atoms with Crippen LogP contribution in [0.4, 0.5) is 8.78 Å². The molecule has 0 heterocycles. The van der Waals surface area contributed by atoms with Gasteiger partial charge in [-0.15, -0.1) is 0 Å². The molecule has 0 aliphatic heterocycles. The summed E-state index contributed by atoms with van der Waals surface area (Å²) in [6.07, 6.45) is 1.55. The Morgan fingerprint density at radius 1 is 1.31 bits per heavy atom. The fourth-order valence-electron chi connectivity index (χ4n) is 2.70. The first-order chi connectivity index (χ1) is 12.1. The van der Waals surface area contributed by atoms with Crippen LogP contribution in [0.15, 0.2) is 35.5 Å². The summed E-state index contributed by atoms with van der Waals surface area (Å²) in [6.45, 7) is 4.98. The van der Waals surface area contributed by atoms with Crippen molar-refractivity contribution in [2.45, 2.75) is 45.8 Å². The Morgan fingerprint density at radius 2 is 1.85 bits per heavy atom. The summed E-state index contributed by atoms with van der Waals surface area (Å²) in [6, 6.07) is 3.04. The highest BCUT2D eigenvalue weighted by Crippen LogP contribution is 2.22. The quantitative estimate of drug-likeness (QED) is 0.646. The molecule has 1 unspecified atom stereocenters. The zero-order valence-electron chi connectivity index (χ0n) is 15.6. The van der Waals surface area contributed by atoms with Gasteiger partial charge in [-0.1, -0.05) is 19.4 Å². The van der Waals surface area contributed by atoms with Crippen LogP contribution in [-0.4, -0.2) is 35.1 Å². The van der Waals surface area contributed by atoms with Crippen LogP contribution in [-0.2, 0) is 4.79 Å². The van der Waals surface area contributed by atoms with Crippen LogP contribution >= 0.6 is 0 Å². The summed E-state index contributed by atoms with van der Waals surface area (Å²) in [4.78, 5) is 13.5. The van der Waals surface area contributed by atoms with Gasteiger partial charge in [0.2, 0.25) is 0 Å². The number of nitrogens with zero attached hydrogens (tertiary/aromatic N) is 1. The molecule has 0 spiro atoms. The molecule has 5 N–H and O–H groups in total. The third-order valence-corrected chi connectivity index (χ3v) is 4.17. The van der Waals surface area contributed by atoms with Crippen molar-refractivity contribution < 1.29 is 18.7 Å². The summed E-state index contributed by atoms with van der Waals surface area (Å²) in [5.41, 5.74) is 12.5. The molecular weight excluding hydrogens is 340 g/mol. The Morgan fingerprint density at radius 3 is 2.31 bits per heavy atom. The predicted molar refractivity (Wildman–Crippen MR) is 98.6 cm³/mol. The summed E-state index contributed by atoms with van der Waals surface area (Å²) in [5, 5.41) is 9.52. The number of carbonyl (C=O) groups is 1. The SMILES string of the molecule is CCCC(/C(N)=C(C)/C=C(\N)c1c(F)cccc1F)N(C)C(=O)[C@H](C)O. The number of benzene rings is 1. The molecule has 2 atom stereocenters. The van der Waals surface area contributed by atoms with Gasteiger partial charge in [-0.2, -0.15) is 0 Å². The van der Waals surface area contributed by atoms with E-state index in [9.17, 15) is 18.7 Å². The third kappa shape index (κ3) is 5.05. The van der Waals surface area contributed by atoms with Crippen molar-refractivity contribution in [3.05, 3.63) is 52.7 Å². The Hall–Kier alpha value is -2.41. The lowest BCUT2D eigenvalue weighted by Gasteiger charge is -2.30. The summed E-state index contributed by atoms with van der Waals surface area (Å²) in [5.74, 6) is -2.00. The molecule has 144 valence electrons. The van der Waals surface area contributed by atoms with E-state index in [1.54, 1.807) is 14.0 Å². The first-order valence-corrected chi connectivity index (χ1v) is 8.44. The van der Waals surface area contributed by atoms with Gasteiger partial charge in [0.25, 0.3) is 5.91 Å². The molecule has 0 fully saturated rings. The van der Waals surface area contributed by atoms with Crippen molar-refractivity contribution in [1.29, 1.82) is 0 Å². The van der Waals surface area contributed by atoms with Gasteiger partial charge in [0, 0.05) is 18.4 Å². The minimum absolute atomic E-state index is 0.0965. The number of aliphatic hydroxyl groups excluding tert-OH is 1. The molecule has 0 radical (unpaired) electrons. The standard InChI is InChI=1S/C19H27F2N3O2/c1-5-7-16(24(4)19(26)12(3)25)18(23)11(2)10-15(22)17-13(20)8-6-9-14(17)21/h6,8-10,12,16,25H,5,7,22-23H2,1-4H3/b15-10-,18-11-/t12-,16?/m0/s1. The lowest BCUT2D eigenvalue weighted by atomic mass is 10.0. The van der Waals surface area contributed by atoms with Crippen molar-refractivity contribution in [3.63, 3.8) is 0 Å². The maximum Gasteiger partial charge on any atom is 0.251 e. The Bertz CT molecular complexity index is 694. The third-order valence-electron chi connectivity index (χ3n) is 4.17. The average Bonchev–Trinajstić information content (AvgIpc) is 2.57. The second kappa shape index (κ2) is 9.33. The highest BCUT2D eigenvalue weighted by Gasteiger charge is 2.25. The van der Waals surface area contributed by atoms with E-state index in [0.29, 0.717) is 17.7 Å². The molecule has 0 aliphatic rings. The molecule has 7 heteroatoms. The number of halogens is 2. The van der Waals surface area contributed by atoms with Crippen molar-refractivity contribution in [2.75, 3.05) is 7.05 Å². The van der Waals surface area contributed by atoms with E-state index in [2.05, 4.69) is 0 Å². The second-order valence-electron chi connectivity index (χ2n) is 6.26. The molecule has 0 bridgehead atoms. The van der Waals surface area contributed by atoms with Crippen molar-refractivity contribution in [1.82, 2.24) is 4.90 Å². The highest BCUT2D eigenvalue weighted by atomic mass is 19.1. The summed E-state index contributed by atoms with van der Waals surface area (Å²) < 4.78 is 27.7. The van der Waals surface area contributed by atoms with Crippen LogP contribution in [0.25, 0.3) is 5.70 Å². The van der Waals surface area contributed by atoms with Crippen LogP contribution in [0.2, 0.25) is 0 Å². The number of aliphatic hydroxyl groups is 1. The van der Waals surface area contributed by atoms with Gasteiger partial charge < -0.3 is 21.5 Å². The molecule has 1 rings (SSSR count). The Labute approximate surface area is 153 Å². The zero-order chi connectivity index (χ0) is 20.0. The minimum Gasteiger partial charge on any atom is -0.400 e. The lowest BCUT2D eigenvalue weighted by Crippen LogP contribution is -2.44. The number of carbonyl (C=O) groups excluding carboxylic acids is 1. The topological polar surface area (TPSA) is 92.6 Å². The number of nitrogens with two attached hydrogens (primary N) is 2. The Balaban J connectivity index is 3.28. The normalized spacial score (nSPS) is 15.3. The average molecular weight is 367 g/mol. The van der Waals surface area contributed by atoms with Gasteiger partial charge in [0.1, 0.15) is 17.7 Å². The van der Waals surface area contributed by atoms with Gasteiger partial charge in [-0.05, 0) is 44.1 Å². The maximum absolute atomic E-state index is 13.9. The number of rotatable bonds is 7. The fraction of sp³-hybridized carbons (Fsp3) is 0.421. The van der Waals surface area contributed by atoms with Crippen LogP contribution in [0, 0.1) is 11.6 Å². The Kier molecular flexibility index (Phi) is 7.76.